The van der Waals surface area contributed by atoms with Gasteiger partial charge in [-0.15, -0.1) is 0 Å². The molecule has 11 heteroatoms. The lowest BCUT2D eigenvalue weighted by Crippen LogP contribution is -2.46. The number of aromatic nitrogens is 1. The molecule has 2 N–H and O–H groups in total. The Balaban J connectivity index is 1.06. The lowest BCUT2D eigenvalue weighted by Gasteiger charge is -2.37. The zero-order valence-corrected chi connectivity index (χ0v) is 19.6. The number of oxazole rings is 1. The predicted octanol–water partition coefficient (Wildman–Crippen LogP) is 1.77. The monoisotopic (exact) mass is 488 g/mol. The van der Waals surface area contributed by atoms with Gasteiger partial charge in [-0.3, -0.25) is 9.88 Å². The van der Waals surface area contributed by atoms with Gasteiger partial charge in [0, 0.05) is 38.8 Å². The van der Waals surface area contributed by atoms with Crippen LogP contribution in [0.3, 0.4) is 0 Å². The van der Waals surface area contributed by atoms with Crippen LogP contribution in [-0.2, 0) is 10.0 Å². The molecule has 2 aromatic carbocycles. The van der Waals surface area contributed by atoms with Gasteiger partial charge in [-0.2, -0.15) is 0 Å². The second-order valence-corrected chi connectivity index (χ2v) is 10.2. The number of nitrogens with one attached hydrogen (secondary N) is 2. The molecule has 2 aliphatic heterocycles. The van der Waals surface area contributed by atoms with Crippen molar-refractivity contribution in [1.29, 1.82) is 0 Å². The molecule has 0 atom stereocenters. The highest BCUT2D eigenvalue weighted by Crippen LogP contribution is 2.39. The van der Waals surface area contributed by atoms with Crippen LogP contribution in [0.2, 0.25) is 0 Å². The van der Waals surface area contributed by atoms with E-state index >= 15 is 0 Å². The fourth-order valence-electron chi connectivity index (χ4n) is 4.36. The molecule has 182 valence electrons. The zero-order chi connectivity index (χ0) is 23.5. The second kappa shape index (κ2) is 9.69. The maximum absolute atomic E-state index is 12.5. The van der Waals surface area contributed by atoms with Crippen LogP contribution < -0.4 is 24.9 Å². The normalized spacial score (nSPS) is 16.8. The minimum absolute atomic E-state index is 0.0800. The topological polar surface area (TPSA) is 117 Å². The van der Waals surface area contributed by atoms with Gasteiger partial charge in [-0.25, -0.2) is 17.9 Å². The van der Waals surface area contributed by atoms with E-state index in [1.54, 1.807) is 0 Å². The van der Waals surface area contributed by atoms with Crippen molar-refractivity contribution in [1.82, 2.24) is 14.6 Å². The minimum Gasteiger partial charge on any atom is -0.486 e. The van der Waals surface area contributed by atoms with Gasteiger partial charge in [0.2, 0.25) is 10.0 Å². The number of aromatic amines is 1. The fourth-order valence-corrected chi connectivity index (χ4v) is 5.45. The molecule has 1 fully saturated rings. The van der Waals surface area contributed by atoms with Crippen molar-refractivity contribution in [3.8, 4) is 11.5 Å². The third kappa shape index (κ3) is 4.91. The summed E-state index contributed by atoms with van der Waals surface area (Å²) in [5.74, 6) is 1.04. The van der Waals surface area contributed by atoms with Crippen LogP contribution in [0.15, 0.2) is 50.5 Å². The van der Waals surface area contributed by atoms with E-state index in [0.29, 0.717) is 25.3 Å². The highest BCUT2D eigenvalue weighted by Gasteiger charge is 2.23. The highest BCUT2D eigenvalue weighted by atomic mass is 32.2. The molecular formula is C23H28N4O6S. The molecule has 0 unspecified atom stereocenters. The molecule has 3 heterocycles. The van der Waals surface area contributed by atoms with E-state index in [2.05, 4.69) is 25.6 Å². The van der Waals surface area contributed by atoms with Crippen molar-refractivity contribution in [2.24, 2.45) is 0 Å². The number of ether oxygens (including phenoxy) is 2. The number of benzene rings is 2. The quantitative estimate of drug-likeness (QED) is 0.461. The lowest BCUT2D eigenvalue weighted by molar-refractivity contribution is 0.171. The first-order valence-electron chi connectivity index (χ1n) is 11.5. The average molecular weight is 489 g/mol. The van der Waals surface area contributed by atoms with E-state index < -0.39 is 15.8 Å². The van der Waals surface area contributed by atoms with Crippen molar-refractivity contribution >= 4 is 26.8 Å². The number of fused-ring (bicyclic) bond motifs is 2. The smallest absolute Gasteiger partial charge is 0.417 e. The zero-order valence-electron chi connectivity index (χ0n) is 18.8. The molecule has 0 saturated carbocycles. The third-order valence-electron chi connectivity index (χ3n) is 6.15. The molecule has 0 radical (unpaired) electrons. The van der Waals surface area contributed by atoms with Gasteiger partial charge in [-0.1, -0.05) is 6.07 Å². The van der Waals surface area contributed by atoms with Crippen LogP contribution in [0.25, 0.3) is 11.1 Å². The van der Waals surface area contributed by atoms with Gasteiger partial charge >= 0.3 is 5.76 Å². The van der Waals surface area contributed by atoms with E-state index in [1.165, 1.54) is 18.2 Å². The number of sulfonamides is 1. The summed E-state index contributed by atoms with van der Waals surface area (Å²) in [6, 6.07) is 10.4. The van der Waals surface area contributed by atoms with Crippen molar-refractivity contribution in [3.63, 3.8) is 0 Å². The Bertz CT molecular complexity index is 1310. The van der Waals surface area contributed by atoms with Crippen LogP contribution in [0.1, 0.15) is 12.8 Å². The first-order valence-corrected chi connectivity index (χ1v) is 13.0. The number of hydrogen-bond acceptors (Lipinski definition) is 8. The van der Waals surface area contributed by atoms with E-state index in [4.69, 9.17) is 13.9 Å². The van der Waals surface area contributed by atoms with E-state index in [0.717, 1.165) is 62.8 Å². The predicted molar refractivity (Wildman–Crippen MR) is 127 cm³/mol. The van der Waals surface area contributed by atoms with Crippen LogP contribution in [-0.4, -0.2) is 70.8 Å². The van der Waals surface area contributed by atoms with Crippen LogP contribution in [0.4, 0.5) is 5.69 Å². The molecule has 2 aliphatic rings. The standard InChI is InChI=1S/C23H28N4O6S/c28-23-25-18-7-6-17(16-21(18)33-23)34(29,30)24-8-1-2-9-26-10-12-27(13-11-26)19-4-3-5-20-22(19)32-15-14-31-20/h3-7,16,24H,1-2,8-15H2,(H,25,28). The Morgan fingerprint density at radius 3 is 2.68 bits per heavy atom. The maximum Gasteiger partial charge on any atom is 0.417 e. The summed E-state index contributed by atoms with van der Waals surface area (Å²) in [4.78, 5) is 18.6. The number of anilines is 1. The van der Waals surface area contributed by atoms with Gasteiger partial charge in [0.25, 0.3) is 0 Å². The maximum atomic E-state index is 12.5. The van der Waals surface area contributed by atoms with Crippen molar-refractivity contribution in [2.75, 3.05) is 57.4 Å². The Hall–Kier alpha value is -3.02. The average Bonchev–Trinajstić information content (AvgIpc) is 3.23. The van der Waals surface area contributed by atoms with Crippen LogP contribution in [0.5, 0.6) is 11.5 Å². The summed E-state index contributed by atoms with van der Waals surface area (Å²) < 4.78 is 44.2. The summed E-state index contributed by atoms with van der Waals surface area (Å²) in [6.07, 6.45) is 1.63. The number of hydrogen-bond donors (Lipinski definition) is 2. The fraction of sp³-hybridized carbons (Fsp3) is 0.435. The first kappa shape index (κ1) is 22.8. The summed E-state index contributed by atoms with van der Waals surface area (Å²) in [5, 5.41) is 0. The molecule has 3 aromatic rings. The number of H-pyrrole nitrogens is 1. The molecule has 0 amide bonds. The number of para-hydroxylation sites is 1. The van der Waals surface area contributed by atoms with Crippen molar-refractivity contribution in [3.05, 3.63) is 46.9 Å². The molecule has 0 spiro atoms. The Morgan fingerprint density at radius 2 is 1.82 bits per heavy atom. The SMILES string of the molecule is O=c1[nH]c2ccc(S(=O)(=O)NCCCCN3CCN(c4cccc5c4OCCO5)CC3)cc2o1. The number of nitrogens with zero attached hydrogens (tertiary/aromatic N) is 2. The minimum atomic E-state index is -3.66. The van der Waals surface area contributed by atoms with Crippen LogP contribution in [0, 0.1) is 0 Å². The molecule has 1 aromatic heterocycles. The van der Waals surface area contributed by atoms with Gasteiger partial charge in [0.05, 0.1) is 16.1 Å². The second-order valence-electron chi connectivity index (χ2n) is 8.41. The summed E-state index contributed by atoms with van der Waals surface area (Å²) in [7, 11) is -3.66. The summed E-state index contributed by atoms with van der Waals surface area (Å²) in [6.45, 7) is 6.13. The molecule has 34 heavy (non-hydrogen) atoms. The van der Waals surface area contributed by atoms with E-state index in [-0.39, 0.29) is 10.5 Å². The number of unbranched alkanes of at least 4 members (excludes halogenated alkanes) is 1. The number of piperazine rings is 1. The van der Waals surface area contributed by atoms with E-state index in [9.17, 15) is 13.2 Å². The molecular weight excluding hydrogens is 460 g/mol. The molecule has 0 bridgehead atoms. The summed E-state index contributed by atoms with van der Waals surface area (Å²) >= 11 is 0. The van der Waals surface area contributed by atoms with Crippen molar-refractivity contribution in [2.45, 2.75) is 17.7 Å². The largest absolute Gasteiger partial charge is 0.486 e. The molecule has 10 nitrogen and oxygen atoms in total. The van der Waals surface area contributed by atoms with Crippen molar-refractivity contribution < 1.29 is 22.3 Å². The summed E-state index contributed by atoms with van der Waals surface area (Å²) in [5.41, 5.74) is 1.78. The van der Waals surface area contributed by atoms with Gasteiger partial charge in [-0.05, 0) is 43.7 Å². The van der Waals surface area contributed by atoms with Gasteiger partial charge in [0.15, 0.2) is 17.1 Å². The molecule has 0 aliphatic carbocycles. The Kier molecular flexibility index (Phi) is 6.48. The van der Waals surface area contributed by atoms with Gasteiger partial charge in [0.1, 0.15) is 13.2 Å². The highest BCUT2D eigenvalue weighted by molar-refractivity contribution is 7.89. The number of rotatable bonds is 8. The lowest BCUT2D eigenvalue weighted by atomic mass is 10.2. The first-order chi connectivity index (χ1) is 16.5. The van der Waals surface area contributed by atoms with E-state index in [1.807, 2.05) is 12.1 Å². The van der Waals surface area contributed by atoms with Gasteiger partial charge < -0.3 is 18.8 Å². The molecule has 1 saturated heterocycles. The third-order valence-corrected chi connectivity index (χ3v) is 7.61. The Labute approximate surface area is 197 Å². The molecule has 5 rings (SSSR count). The van der Waals surface area contributed by atoms with Crippen LogP contribution >= 0.6 is 0 Å². The Morgan fingerprint density at radius 1 is 1.00 bits per heavy atom.